The van der Waals surface area contributed by atoms with Gasteiger partial charge in [-0.3, -0.25) is 14.7 Å². The van der Waals surface area contributed by atoms with Gasteiger partial charge in [0.15, 0.2) is 0 Å². The predicted octanol–water partition coefficient (Wildman–Crippen LogP) is 2.55. The number of pyridine rings is 1. The van der Waals surface area contributed by atoms with Crippen molar-refractivity contribution >= 4 is 5.97 Å². The van der Waals surface area contributed by atoms with Crippen molar-refractivity contribution in [1.82, 2.24) is 9.88 Å². The van der Waals surface area contributed by atoms with E-state index in [9.17, 15) is 9.90 Å². The maximum absolute atomic E-state index is 11.4. The van der Waals surface area contributed by atoms with Crippen LogP contribution in [0.5, 0.6) is 0 Å². The van der Waals surface area contributed by atoms with Gasteiger partial charge in [-0.25, -0.2) is 0 Å². The Morgan fingerprint density at radius 3 is 2.89 bits per heavy atom. The summed E-state index contributed by atoms with van der Waals surface area (Å²) in [6, 6.07) is 4.10. The highest BCUT2D eigenvalue weighted by atomic mass is 16.4. The second kappa shape index (κ2) is 6.66. The van der Waals surface area contributed by atoms with Crippen LogP contribution in [0.2, 0.25) is 0 Å². The molecule has 2 rings (SSSR count). The first-order valence-corrected chi connectivity index (χ1v) is 7.00. The number of carboxylic acids is 1. The minimum atomic E-state index is -0.648. The molecule has 0 amide bonds. The van der Waals surface area contributed by atoms with Gasteiger partial charge in [-0.15, -0.1) is 0 Å². The van der Waals surface area contributed by atoms with E-state index < -0.39 is 5.97 Å². The number of carbonyl (C=O) groups is 1. The Hall–Kier alpha value is -1.42. The van der Waals surface area contributed by atoms with Crippen LogP contribution in [0.25, 0.3) is 0 Å². The summed E-state index contributed by atoms with van der Waals surface area (Å²) in [5.74, 6) is -0.880. The summed E-state index contributed by atoms with van der Waals surface area (Å²) in [4.78, 5) is 17.7. The fourth-order valence-corrected chi connectivity index (χ4v) is 3.00. The predicted molar refractivity (Wildman–Crippen MR) is 73.7 cm³/mol. The Labute approximate surface area is 114 Å². The quantitative estimate of drug-likeness (QED) is 0.847. The molecule has 1 fully saturated rings. The minimum absolute atomic E-state index is 0.139. The molecular weight excluding hydrogens is 240 g/mol. The molecular formula is C15H22N2O2. The molecule has 1 aliphatic carbocycles. The first-order chi connectivity index (χ1) is 9.18. The van der Waals surface area contributed by atoms with Crippen LogP contribution in [0.3, 0.4) is 0 Å². The van der Waals surface area contributed by atoms with E-state index in [0.29, 0.717) is 0 Å². The monoisotopic (exact) mass is 262 g/mol. The van der Waals surface area contributed by atoms with Crippen molar-refractivity contribution in [3.8, 4) is 0 Å². The summed E-state index contributed by atoms with van der Waals surface area (Å²) in [5, 5.41) is 9.41. The summed E-state index contributed by atoms with van der Waals surface area (Å²) in [7, 11) is 2.03. The van der Waals surface area contributed by atoms with E-state index in [-0.39, 0.29) is 12.0 Å². The van der Waals surface area contributed by atoms with Crippen molar-refractivity contribution in [2.24, 2.45) is 5.92 Å². The Morgan fingerprint density at radius 1 is 1.42 bits per heavy atom. The van der Waals surface area contributed by atoms with E-state index in [0.717, 1.165) is 44.2 Å². The third kappa shape index (κ3) is 3.77. The molecule has 4 heteroatoms. The lowest BCUT2D eigenvalue weighted by Crippen LogP contribution is -2.40. The molecule has 1 heterocycles. The average molecular weight is 262 g/mol. The van der Waals surface area contributed by atoms with Crippen molar-refractivity contribution in [3.05, 3.63) is 30.1 Å². The van der Waals surface area contributed by atoms with Crippen LogP contribution >= 0.6 is 0 Å². The van der Waals surface area contributed by atoms with Gasteiger partial charge >= 0.3 is 5.97 Å². The van der Waals surface area contributed by atoms with Crippen molar-refractivity contribution < 1.29 is 9.90 Å². The second-order valence-corrected chi connectivity index (χ2v) is 5.43. The van der Waals surface area contributed by atoms with Gasteiger partial charge in [-0.05, 0) is 31.5 Å². The maximum Gasteiger partial charge on any atom is 0.308 e. The Bertz CT molecular complexity index is 408. The average Bonchev–Trinajstić information content (AvgIpc) is 2.65. The highest BCUT2D eigenvalue weighted by Gasteiger charge is 2.32. The lowest BCUT2D eigenvalue weighted by molar-refractivity contribution is -0.144. The summed E-state index contributed by atoms with van der Waals surface area (Å²) >= 11 is 0. The van der Waals surface area contributed by atoms with Crippen molar-refractivity contribution in [2.45, 2.75) is 44.7 Å². The third-order valence-corrected chi connectivity index (χ3v) is 4.02. The van der Waals surface area contributed by atoms with E-state index in [4.69, 9.17) is 0 Å². The number of rotatable bonds is 4. The molecule has 0 bridgehead atoms. The van der Waals surface area contributed by atoms with Gasteiger partial charge in [-0.1, -0.05) is 25.3 Å². The molecule has 0 aromatic carbocycles. The molecule has 0 spiro atoms. The Balaban J connectivity index is 2.06. The fourth-order valence-electron chi connectivity index (χ4n) is 3.00. The lowest BCUT2D eigenvalue weighted by atomic mass is 9.93. The number of hydrogen-bond donors (Lipinski definition) is 1. The third-order valence-electron chi connectivity index (χ3n) is 4.02. The van der Waals surface area contributed by atoms with Crippen LogP contribution in [-0.2, 0) is 11.3 Å². The second-order valence-electron chi connectivity index (χ2n) is 5.43. The number of carboxylic acid groups (broad SMARTS) is 1. The van der Waals surface area contributed by atoms with E-state index in [1.165, 1.54) is 0 Å². The summed E-state index contributed by atoms with van der Waals surface area (Å²) in [6.45, 7) is 0.766. The fraction of sp³-hybridized carbons (Fsp3) is 0.600. The first-order valence-electron chi connectivity index (χ1n) is 7.00. The van der Waals surface area contributed by atoms with Gasteiger partial charge in [0.05, 0.1) is 5.92 Å². The SMILES string of the molecule is CN(Cc1cccnc1)C1CCCCCC1C(=O)O. The first kappa shape index (κ1) is 14.0. The summed E-state index contributed by atoms with van der Waals surface area (Å²) < 4.78 is 0. The standard InChI is InChI=1S/C15H22N2O2/c1-17(11-12-6-5-9-16-10-12)14-8-4-2-3-7-13(14)15(18)19/h5-6,9-10,13-14H,2-4,7-8,11H2,1H3,(H,18,19). The van der Waals surface area contributed by atoms with Crippen LogP contribution in [0, 0.1) is 5.92 Å². The molecule has 4 nitrogen and oxygen atoms in total. The number of hydrogen-bond acceptors (Lipinski definition) is 3. The molecule has 104 valence electrons. The Morgan fingerprint density at radius 2 is 2.21 bits per heavy atom. The number of aromatic nitrogens is 1. The van der Waals surface area contributed by atoms with Gasteiger partial charge in [0, 0.05) is 25.0 Å². The van der Waals surface area contributed by atoms with Gasteiger partial charge < -0.3 is 5.11 Å². The molecule has 2 unspecified atom stereocenters. The van der Waals surface area contributed by atoms with Crippen LogP contribution in [0.4, 0.5) is 0 Å². The van der Waals surface area contributed by atoms with Crippen LogP contribution < -0.4 is 0 Å². The van der Waals surface area contributed by atoms with E-state index >= 15 is 0 Å². The molecule has 0 saturated heterocycles. The van der Waals surface area contributed by atoms with Crippen LogP contribution in [0.15, 0.2) is 24.5 Å². The number of aliphatic carboxylic acids is 1. The molecule has 1 aromatic rings. The van der Waals surface area contributed by atoms with Crippen molar-refractivity contribution in [2.75, 3.05) is 7.05 Å². The van der Waals surface area contributed by atoms with E-state index in [1.54, 1.807) is 6.20 Å². The zero-order valence-electron chi connectivity index (χ0n) is 11.5. The molecule has 19 heavy (non-hydrogen) atoms. The van der Waals surface area contributed by atoms with Gasteiger partial charge in [0.2, 0.25) is 0 Å². The molecule has 1 aromatic heterocycles. The maximum atomic E-state index is 11.4. The van der Waals surface area contributed by atoms with E-state index in [1.807, 2.05) is 25.4 Å². The normalized spacial score (nSPS) is 24.1. The van der Waals surface area contributed by atoms with Crippen LogP contribution in [-0.4, -0.2) is 34.0 Å². The Kier molecular flexibility index (Phi) is 4.91. The smallest absolute Gasteiger partial charge is 0.308 e. The molecule has 1 saturated carbocycles. The lowest BCUT2D eigenvalue weighted by Gasteiger charge is -2.31. The molecule has 1 aliphatic rings. The zero-order chi connectivity index (χ0) is 13.7. The zero-order valence-corrected chi connectivity index (χ0v) is 11.5. The molecule has 0 radical (unpaired) electrons. The van der Waals surface area contributed by atoms with Crippen molar-refractivity contribution in [3.63, 3.8) is 0 Å². The van der Waals surface area contributed by atoms with Crippen molar-refractivity contribution in [1.29, 1.82) is 0 Å². The minimum Gasteiger partial charge on any atom is -0.481 e. The number of nitrogens with zero attached hydrogens (tertiary/aromatic N) is 2. The van der Waals surface area contributed by atoms with Crippen LogP contribution in [0.1, 0.15) is 37.7 Å². The summed E-state index contributed by atoms with van der Waals surface area (Å²) in [5.41, 5.74) is 1.14. The summed E-state index contributed by atoms with van der Waals surface area (Å²) in [6.07, 6.45) is 8.71. The van der Waals surface area contributed by atoms with Gasteiger partial charge in [0.1, 0.15) is 0 Å². The van der Waals surface area contributed by atoms with E-state index in [2.05, 4.69) is 9.88 Å². The largest absolute Gasteiger partial charge is 0.481 e. The van der Waals surface area contributed by atoms with Gasteiger partial charge in [-0.2, -0.15) is 0 Å². The highest BCUT2D eigenvalue weighted by Crippen LogP contribution is 2.27. The molecule has 0 aliphatic heterocycles. The molecule has 1 N–H and O–H groups in total. The highest BCUT2D eigenvalue weighted by molar-refractivity contribution is 5.70. The molecule has 2 atom stereocenters. The topological polar surface area (TPSA) is 53.4 Å². The van der Waals surface area contributed by atoms with Gasteiger partial charge in [0.25, 0.3) is 0 Å².